The molecule has 1 rings (SSSR count). The number of hydrogen-bond donors (Lipinski definition) is 2. The predicted molar refractivity (Wildman–Crippen MR) is 55.4 cm³/mol. The smallest absolute Gasteiger partial charge is 0.250 e. The molecular weight excluding hydrogens is 196 g/mol. The zero-order chi connectivity index (χ0) is 11.1. The van der Waals surface area contributed by atoms with E-state index < -0.39 is 0 Å². The molecule has 0 unspecified atom stereocenters. The van der Waals surface area contributed by atoms with Crippen LogP contribution in [-0.4, -0.2) is 28.7 Å². The fourth-order valence-corrected chi connectivity index (χ4v) is 1.11. The molecule has 0 aromatic carbocycles. The molecule has 0 bridgehead atoms. The van der Waals surface area contributed by atoms with Gasteiger partial charge in [-0.15, -0.1) is 0 Å². The quantitative estimate of drug-likeness (QED) is 0.634. The van der Waals surface area contributed by atoms with Crippen LogP contribution >= 0.6 is 0 Å². The van der Waals surface area contributed by atoms with E-state index in [1.165, 1.54) is 10.6 Å². The first kappa shape index (κ1) is 11.5. The standard InChI is InChI=1S/C10H14N2O3/c13-7-3-5-11-9(14)8-12-6-2-1-4-10(12)15/h1-2,4,6,13H,3,5,7-8H2,(H,11,14). The number of hydrogen-bond acceptors (Lipinski definition) is 3. The molecule has 15 heavy (non-hydrogen) atoms. The maximum absolute atomic E-state index is 11.3. The SMILES string of the molecule is O=C(Cn1ccccc1=O)NCCCO. The average molecular weight is 210 g/mol. The van der Waals surface area contributed by atoms with Crippen LogP contribution in [0.4, 0.5) is 0 Å². The number of aromatic nitrogens is 1. The summed E-state index contributed by atoms with van der Waals surface area (Å²) in [6.45, 7) is 0.494. The molecule has 0 aliphatic heterocycles. The fourth-order valence-electron chi connectivity index (χ4n) is 1.11. The number of pyridine rings is 1. The molecule has 0 aliphatic carbocycles. The van der Waals surface area contributed by atoms with Crippen LogP contribution in [0.3, 0.4) is 0 Å². The van der Waals surface area contributed by atoms with Crippen molar-refractivity contribution in [2.75, 3.05) is 13.2 Å². The summed E-state index contributed by atoms with van der Waals surface area (Å²) >= 11 is 0. The molecule has 5 nitrogen and oxygen atoms in total. The van der Waals surface area contributed by atoms with E-state index in [1.807, 2.05) is 0 Å². The summed E-state index contributed by atoms with van der Waals surface area (Å²) in [5.74, 6) is -0.225. The van der Waals surface area contributed by atoms with Crippen molar-refractivity contribution in [2.45, 2.75) is 13.0 Å². The van der Waals surface area contributed by atoms with Crippen molar-refractivity contribution >= 4 is 5.91 Å². The minimum absolute atomic E-state index is 0.0190. The van der Waals surface area contributed by atoms with Crippen molar-refractivity contribution in [1.82, 2.24) is 9.88 Å². The van der Waals surface area contributed by atoms with Gasteiger partial charge in [-0.25, -0.2) is 0 Å². The topological polar surface area (TPSA) is 71.3 Å². The number of rotatable bonds is 5. The third-order valence-electron chi connectivity index (χ3n) is 1.87. The number of nitrogens with one attached hydrogen (secondary N) is 1. The molecule has 1 amide bonds. The lowest BCUT2D eigenvalue weighted by atomic mass is 10.4. The first-order chi connectivity index (χ1) is 7.24. The fraction of sp³-hybridized carbons (Fsp3) is 0.400. The van der Waals surface area contributed by atoms with Gasteiger partial charge < -0.3 is 15.0 Å². The molecule has 82 valence electrons. The highest BCUT2D eigenvalue weighted by atomic mass is 16.3. The Morgan fingerprint density at radius 2 is 2.27 bits per heavy atom. The van der Waals surface area contributed by atoms with Crippen LogP contribution in [0, 0.1) is 0 Å². The third-order valence-corrected chi connectivity index (χ3v) is 1.87. The van der Waals surface area contributed by atoms with Crippen LogP contribution in [0.5, 0.6) is 0 Å². The van der Waals surface area contributed by atoms with Gasteiger partial charge in [0.25, 0.3) is 5.56 Å². The molecule has 0 saturated carbocycles. The molecule has 1 heterocycles. The Labute approximate surface area is 87.4 Å². The van der Waals surface area contributed by atoms with Crippen molar-refractivity contribution in [3.05, 3.63) is 34.7 Å². The van der Waals surface area contributed by atoms with Crippen LogP contribution in [0.15, 0.2) is 29.2 Å². The number of aliphatic hydroxyl groups is 1. The van der Waals surface area contributed by atoms with Crippen molar-refractivity contribution in [1.29, 1.82) is 0 Å². The van der Waals surface area contributed by atoms with Gasteiger partial charge in [-0.2, -0.15) is 0 Å². The van der Waals surface area contributed by atoms with Crippen LogP contribution in [0.25, 0.3) is 0 Å². The monoisotopic (exact) mass is 210 g/mol. The normalized spacial score (nSPS) is 9.93. The minimum atomic E-state index is -0.225. The lowest BCUT2D eigenvalue weighted by Crippen LogP contribution is -2.32. The molecule has 1 aromatic heterocycles. The largest absolute Gasteiger partial charge is 0.396 e. The summed E-state index contributed by atoms with van der Waals surface area (Å²) in [6.07, 6.45) is 2.09. The second kappa shape index (κ2) is 5.98. The molecule has 0 fully saturated rings. The first-order valence-corrected chi connectivity index (χ1v) is 4.77. The maximum atomic E-state index is 11.3. The van der Waals surface area contributed by atoms with Crippen LogP contribution < -0.4 is 10.9 Å². The summed E-state index contributed by atoms with van der Waals surface area (Å²) < 4.78 is 1.33. The van der Waals surface area contributed by atoms with Crippen LogP contribution in [0.1, 0.15) is 6.42 Å². The number of carbonyl (C=O) groups is 1. The third kappa shape index (κ3) is 3.95. The van der Waals surface area contributed by atoms with Crippen molar-refractivity contribution in [3.8, 4) is 0 Å². The summed E-state index contributed by atoms with van der Waals surface area (Å²) in [5, 5.41) is 11.1. The molecule has 1 aromatic rings. The molecule has 0 spiro atoms. The molecule has 2 N–H and O–H groups in total. The van der Waals surface area contributed by atoms with Gasteiger partial charge in [0.15, 0.2) is 0 Å². The number of amides is 1. The molecule has 0 radical (unpaired) electrons. The Kier molecular flexibility index (Phi) is 4.56. The molecule has 0 aliphatic rings. The number of carbonyl (C=O) groups excluding carboxylic acids is 1. The second-order valence-electron chi connectivity index (χ2n) is 3.09. The lowest BCUT2D eigenvalue weighted by molar-refractivity contribution is -0.121. The summed E-state index contributed by atoms with van der Waals surface area (Å²) in [6, 6.07) is 4.73. The zero-order valence-electron chi connectivity index (χ0n) is 8.35. The van der Waals surface area contributed by atoms with Gasteiger partial charge >= 0.3 is 0 Å². The average Bonchev–Trinajstić information content (AvgIpc) is 2.22. The van der Waals surface area contributed by atoms with Gasteiger partial charge in [-0.05, 0) is 12.5 Å². The number of aliphatic hydroxyl groups excluding tert-OH is 1. The minimum Gasteiger partial charge on any atom is -0.396 e. The van der Waals surface area contributed by atoms with Gasteiger partial charge in [0, 0.05) is 25.4 Å². The van der Waals surface area contributed by atoms with Gasteiger partial charge in [0.05, 0.1) is 0 Å². The Balaban J connectivity index is 2.45. The predicted octanol–water partition coefficient (Wildman–Crippen LogP) is -0.653. The van der Waals surface area contributed by atoms with E-state index in [9.17, 15) is 9.59 Å². The lowest BCUT2D eigenvalue weighted by Gasteiger charge is -2.05. The van der Waals surface area contributed by atoms with E-state index in [-0.39, 0.29) is 24.6 Å². The van der Waals surface area contributed by atoms with Gasteiger partial charge in [-0.1, -0.05) is 6.07 Å². The van der Waals surface area contributed by atoms with Crippen LogP contribution in [-0.2, 0) is 11.3 Å². The summed E-state index contributed by atoms with van der Waals surface area (Å²) in [5.41, 5.74) is -0.199. The molecule has 0 atom stereocenters. The Morgan fingerprint density at radius 3 is 2.93 bits per heavy atom. The Bertz CT molecular complexity index is 373. The molecule has 0 saturated heterocycles. The highest BCUT2D eigenvalue weighted by Gasteiger charge is 2.02. The van der Waals surface area contributed by atoms with Gasteiger partial charge in [-0.3, -0.25) is 9.59 Å². The van der Waals surface area contributed by atoms with Crippen molar-refractivity contribution in [2.24, 2.45) is 0 Å². The van der Waals surface area contributed by atoms with E-state index in [2.05, 4.69) is 5.32 Å². The summed E-state index contributed by atoms with van der Waals surface area (Å²) in [7, 11) is 0. The maximum Gasteiger partial charge on any atom is 0.250 e. The van der Waals surface area contributed by atoms with E-state index in [0.717, 1.165) is 0 Å². The van der Waals surface area contributed by atoms with E-state index in [4.69, 9.17) is 5.11 Å². The molecule has 5 heteroatoms. The van der Waals surface area contributed by atoms with Crippen molar-refractivity contribution in [3.63, 3.8) is 0 Å². The Hall–Kier alpha value is -1.62. The second-order valence-corrected chi connectivity index (χ2v) is 3.09. The van der Waals surface area contributed by atoms with Gasteiger partial charge in [0.1, 0.15) is 6.54 Å². The van der Waals surface area contributed by atoms with E-state index >= 15 is 0 Å². The highest BCUT2D eigenvalue weighted by molar-refractivity contribution is 5.75. The Morgan fingerprint density at radius 1 is 1.47 bits per heavy atom. The van der Waals surface area contributed by atoms with Crippen LogP contribution in [0.2, 0.25) is 0 Å². The first-order valence-electron chi connectivity index (χ1n) is 4.77. The van der Waals surface area contributed by atoms with E-state index in [1.54, 1.807) is 18.3 Å². The van der Waals surface area contributed by atoms with Gasteiger partial charge in [0.2, 0.25) is 5.91 Å². The van der Waals surface area contributed by atoms with Crippen molar-refractivity contribution < 1.29 is 9.90 Å². The number of nitrogens with zero attached hydrogens (tertiary/aromatic N) is 1. The van der Waals surface area contributed by atoms with E-state index in [0.29, 0.717) is 13.0 Å². The summed E-state index contributed by atoms with van der Waals surface area (Å²) in [4.78, 5) is 22.5. The zero-order valence-corrected chi connectivity index (χ0v) is 8.35. The highest BCUT2D eigenvalue weighted by Crippen LogP contribution is 1.82. The molecular formula is C10H14N2O3.